The zero-order chi connectivity index (χ0) is 12.4. The van der Waals surface area contributed by atoms with Gasteiger partial charge in [0.2, 0.25) is 0 Å². The number of aromatic nitrogens is 1. The predicted octanol–water partition coefficient (Wildman–Crippen LogP) is 2.12. The third kappa shape index (κ3) is 2.82. The quantitative estimate of drug-likeness (QED) is 0.504. The molecule has 0 aromatic carbocycles. The van der Waals surface area contributed by atoms with E-state index in [2.05, 4.69) is 10.3 Å². The molecule has 8 heteroatoms. The summed E-state index contributed by atoms with van der Waals surface area (Å²) >= 11 is 4.01. The molecule has 2 heterocycles. The molecule has 0 aliphatic carbocycles. The summed E-state index contributed by atoms with van der Waals surface area (Å²) in [7, 11) is 0. The SMILES string of the molecule is Cc1csc(NC(=O)C(C(=O)O)=C2SCS2)n1. The van der Waals surface area contributed by atoms with Crippen molar-refractivity contribution in [2.45, 2.75) is 6.92 Å². The van der Waals surface area contributed by atoms with Crippen LogP contribution >= 0.6 is 34.9 Å². The van der Waals surface area contributed by atoms with Gasteiger partial charge in [-0.2, -0.15) is 0 Å². The van der Waals surface area contributed by atoms with E-state index in [-0.39, 0.29) is 5.57 Å². The monoisotopic (exact) mass is 288 g/mol. The van der Waals surface area contributed by atoms with E-state index >= 15 is 0 Å². The Morgan fingerprint density at radius 1 is 1.47 bits per heavy atom. The highest BCUT2D eigenvalue weighted by molar-refractivity contribution is 8.37. The van der Waals surface area contributed by atoms with E-state index in [1.54, 1.807) is 12.3 Å². The number of carbonyl (C=O) groups excluding carboxylic acids is 1. The van der Waals surface area contributed by atoms with E-state index in [1.165, 1.54) is 34.9 Å². The molecule has 0 atom stereocenters. The van der Waals surface area contributed by atoms with Crippen LogP contribution in [0.1, 0.15) is 5.69 Å². The van der Waals surface area contributed by atoms with Gasteiger partial charge in [-0.25, -0.2) is 9.78 Å². The first-order valence-electron chi connectivity index (χ1n) is 4.54. The minimum absolute atomic E-state index is 0.195. The number of hydrogen-bond acceptors (Lipinski definition) is 6. The first-order valence-corrected chi connectivity index (χ1v) is 7.39. The first-order chi connectivity index (χ1) is 8.08. The molecule has 1 aromatic heterocycles. The van der Waals surface area contributed by atoms with Crippen molar-refractivity contribution in [2.75, 3.05) is 10.4 Å². The van der Waals surface area contributed by atoms with Gasteiger partial charge < -0.3 is 5.11 Å². The maximum Gasteiger partial charge on any atom is 0.343 e. The number of aryl methyl sites for hydroxylation is 1. The predicted molar refractivity (Wildman–Crippen MR) is 70.2 cm³/mol. The van der Waals surface area contributed by atoms with Crippen LogP contribution in [0.2, 0.25) is 0 Å². The minimum atomic E-state index is -1.20. The summed E-state index contributed by atoms with van der Waals surface area (Å²) in [6.07, 6.45) is 0. The molecular formula is C9H8N2O3S3. The van der Waals surface area contributed by atoms with Crippen molar-refractivity contribution in [3.8, 4) is 0 Å². The van der Waals surface area contributed by atoms with E-state index in [1.807, 2.05) is 0 Å². The Morgan fingerprint density at radius 3 is 2.59 bits per heavy atom. The number of anilines is 1. The number of thioether (sulfide) groups is 2. The molecule has 1 fully saturated rings. The normalized spacial score (nSPS) is 14.1. The van der Waals surface area contributed by atoms with E-state index in [9.17, 15) is 9.59 Å². The number of thiazole rings is 1. The number of nitrogens with zero attached hydrogens (tertiary/aromatic N) is 1. The number of aliphatic carboxylic acids is 1. The lowest BCUT2D eigenvalue weighted by molar-refractivity contribution is -0.134. The van der Waals surface area contributed by atoms with Gasteiger partial charge in [0, 0.05) is 10.5 Å². The van der Waals surface area contributed by atoms with Crippen LogP contribution in [0.5, 0.6) is 0 Å². The van der Waals surface area contributed by atoms with Gasteiger partial charge >= 0.3 is 5.97 Å². The van der Waals surface area contributed by atoms with Crippen LogP contribution in [0.4, 0.5) is 5.13 Å². The van der Waals surface area contributed by atoms with Crippen molar-refractivity contribution in [1.29, 1.82) is 0 Å². The summed E-state index contributed by atoms with van der Waals surface area (Å²) in [4.78, 5) is 26.8. The zero-order valence-corrected chi connectivity index (χ0v) is 11.2. The molecule has 0 radical (unpaired) electrons. The molecular weight excluding hydrogens is 280 g/mol. The lowest BCUT2D eigenvalue weighted by Crippen LogP contribution is -2.22. The first kappa shape index (κ1) is 12.5. The lowest BCUT2D eigenvalue weighted by Gasteiger charge is -2.17. The van der Waals surface area contributed by atoms with Gasteiger partial charge in [-0.15, -0.1) is 34.9 Å². The second-order valence-electron chi connectivity index (χ2n) is 3.12. The molecule has 1 saturated heterocycles. The Kier molecular flexibility index (Phi) is 3.75. The highest BCUT2D eigenvalue weighted by atomic mass is 32.3. The Morgan fingerprint density at radius 2 is 2.18 bits per heavy atom. The lowest BCUT2D eigenvalue weighted by atomic mass is 10.3. The zero-order valence-electron chi connectivity index (χ0n) is 8.72. The molecule has 1 aliphatic rings. The van der Waals surface area contributed by atoms with Gasteiger partial charge in [0.15, 0.2) is 5.13 Å². The average Bonchev–Trinajstić information content (AvgIpc) is 2.56. The maximum absolute atomic E-state index is 11.8. The van der Waals surface area contributed by atoms with Crippen LogP contribution < -0.4 is 5.32 Å². The number of amides is 1. The molecule has 90 valence electrons. The Labute approximate surface area is 110 Å². The summed E-state index contributed by atoms with van der Waals surface area (Å²) in [5.74, 6) is -1.81. The molecule has 1 amide bonds. The van der Waals surface area contributed by atoms with E-state index in [4.69, 9.17) is 5.11 Å². The Hall–Kier alpha value is -0.990. The van der Waals surface area contributed by atoms with Crippen LogP contribution in [0.3, 0.4) is 0 Å². The molecule has 1 aliphatic heterocycles. The topological polar surface area (TPSA) is 79.3 Å². The summed E-state index contributed by atoms with van der Waals surface area (Å²) in [5.41, 5.74) is 0.598. The third-order valence-corrected chi connectivity index (χ3v) is 5.32. The second kappa shape index (κ2) is 5.11. The summed E-state index contributed by atoms with van der Waals surface area (Å²) in [5, 5.41) is 14.5. The molecule has 0 saturated carbocycles. The van der Waals surface area contributed by atoms with Crippen LogP contribution in [-0.2, 0) is 9.59 Å². The van der Waals surface area contributed by atoms with Crippen molar-refractivity contribution in [3.05, 3.63) is 20.9 Å². The number of carboxylic acid groups (broad SMARTS) is 1. The molecule has 0 bridgehead atoms. The van der Waals surface area contributed by atoms with E-state index < -0.39 is 11.9 Å². The van der Waals surface area contributed by atoms with Crippen LogP contribution in [0.15, 0.2) is 15.2 Å². The van der Waals surface area contributed by atoms with E-state index in [0.29, 0.717) is 9.37 Å². The van der Waals surface area contributed by atoms with Crippen molar-refractivity contribution in [3.63, 3.8) is 0 Å². The molecule has 2 rings (SSSR count). The fourth-order valence-electron chi connectivity index (χ4n) is 1.11. The summed E-state index contributed by atoms with van der Waals surface area (Å²) in [6.45, 7) is 1.81. The highest BCUT2D eigenvalue weighted by Gasteiger charge is 2.27. The van der Waals surface area contributed by atoms with Gasteiger partial charge in [-0.05, 0) is 6.92 Å². The highest BCUT2D eigenvalue weighted by Crippen LogP contribution is 2.45. The molecule has 0 unspecified atom stereocenters. The van der Waals surface area contributed by atoms with Gasteiger partial charge in [0.1, 0.15) is 5.57 Å². The molecule has 17 heavy (non-hydrogen) atoms. The molecule has 1 aromatic rings. The molecule has 2 N–H and O–H groups in total. The Balaban J connectivity index is 2.16. The average molecular weight is 288 g/mol. The summed E-state index contributed by atoms with van der Waals surface area (Å²) < 4.78 is 0.559. The fourth-order valence-corrected chi connectivity index (χ4v) is 3.39. The molecule has 0 spiro atoms. The van der Waals surface area contributed by atoms with Gasteiger partial charge in [-0.3, -0.25) is 10.1 Å². The van der Waals surface area contributed by atoms with Gasteiger partial charge in [0.05, 0.1) is 9.93 Å². The van der Waals surface area contributed by atoms with Crippen LogP contribution in [0.25, 0.3) is 0 Å². The number of carboxylic acids is 1. The van der Waals surface area contributed by atoms with Gasteiger partial charge in [0.25, 0.3) is 5.91 Å². The number of nitrogens with one attached hydrogen (secondary N) is 1. The van der Waals surface area contributed by atoms with Crippen molar-refractivity contribution in [1.82, 2.24) is 4.98 Å². The standard InChI is InChI=1S/C9H8N2O3S3/c1-4-2-15-9(10-4)11-6(12)5(7(13)14)8-16-3-17-8/h2H,3H2,1H3,(H,13,14)(H,10,11,12). The third-order valence-electron chi connectivity index (χ3n) is 1.86. The van der Waals surface area contributed by atoms with Crippen LogP contribution in [0, 0.1) is 6.92 Å². The number of rotatable bonds is 3. The van der Waals surface area contributed by atoms with Crippen molar-refractivity contribution < 1.29 is 14.7 Å². The van der Waals surface area contributed by atoms with Crippen molar-refractivity contribution in [2.24, 2.45) is 0 Å². The van der Waals surface area contributed by atoms with E-state index in [0.717, 1.165) is 10.8 Å². The summed E-state index contributed by atoms with van der Waals surface area (Å²) in [6, 6.07) is 0. The minimum Gasteiger partial charge on any atom is -0.477 e. The van der Waals surface area contributed by atoms with Crippen LogP contribution in [-0.4, -0.2) is 27.1 Å². The number of carbonyl (C=O) groups is 2. The largest absolute Gasteiger partial charge is 0.477 e. The smallest absolute Gasteiger partial charge is 0.343 e. The Bertz CT molecular complexity index is 503. The fraction of sp³-hybridized carbons (Fsp3) is 0.222. The maximum atomic E-state index is 11.8. The number of hydrogen-bond donors (Lipinski definition) is 2. The second-order valence-corrected chi connectivity index (χ2v) is 6.58. The molecule has 5 nitrogen and oxygen atoms in total. The van der Waals surface area contributed by atoms with Crippen molar-refractivity contribution >= 4 is 51.9 Å². The van der Waals surface area contributed by atoms with Gasteiger partial charge in [-0.1, -0.05) is 0 Å².